The average Bonchev–Trinajstić information content (AvgIpc) is 2.44. The van der Waals surface area contributed by atoms with Crippen molar-refractivity contribution in [2.75, 3.05) is 7.11 Å². The van der Waals surface area contributed by atoms with Gasteiger partial charge in [0, 0.05) is 12.5 Å². The summed E-state index contributed by atoms with van der Waals surface area (Å²) >= 11 is 0. The van der Waals surface area contributed by atoms with Crippen LogP contribution in [-0.4, -0.2) is 42.3 Å². The van der Waals surface area contributed by atoms with Gasteiger partial charge in [0.05, 0.1) is 7.11 Å². The number of alkyl carbamates (subject to hydrolysis) is 1. The van der Waals surface area contributed by atoms with Crippen LogP contribution in [0.2, 0.25) is 0 Å². The van der Waals surface area contributed by atoms with Crippen LogP contribution in [0, 0.1) is 0 Å². The number of amides is 1. The quantitative estimate of drug-likeness (QED) is 0.789. The monoisotopic (exact) mass is 379 g/mol. The highest BCUT2D eigenvalue weighted by molar-refractivity contribution is 5.80. The lowest BCUT2D eigenvalue weighted by Crippen LogP contribution is -2.44. The zero-order valence-corrected chi connectivity index (χ0v) is 14.6. The molecule has 0 aliphatic heterocycles. The first kappa shape index (κ1) is 21.4. The predicted octanol–water partition coefficient (Wildman–Crippen LogP) is 3.11. The van der Waals surface area contributed by atoms with Gasteiger partial charge in [-0.1, -0.05) is 6.07 Å². The molecule has 26 heavy (non-hydrogen) atoms. The number of carbonyl (C=O) groups excluding carboxylic acids is 1. The molecule has 1 atom stereocenters. The number of carboxylic acid groups (broad SMARTS) is 1. The van der Waals surface area contributed by atoms with Gasteiger partial charge in [-0.25, -0.2) is 9.59 Å². The summed E-state index contributed by atoms with van der Waals surface area (Å²) in [4.78, 5) is 23.1. The summed E-state index contributed by atoms with van der Waals surface area (Å²) in [6.45, 7) is 4.75. The van der Waals surface area contributed by atoms with Gasteiger partial charge in [0.25, 0.3) is 0 Å². The Kier molecular flexibility index (Phi) is 6.71. The summed E-state index contributed by atoms with van der Waals surface area (Å²) in [6.07, 6.45) is -6.43. The maximum atomic E-state index is 12.6. The third kappa shape index (κ3) is 7.49. The van der Waals surface area contributed by atoms with E-state index in [1.54, 1.807) is 20.8 Å². The molecule has 0 heterocycles. The molecule has 2 N–H and O–H groups in total. The second-order valence-electron chi connectivity index (χ2n) is 6.26. The fraction of sp³-hybridized carbons (Fsp3) is 0.500. The number of carbonyl (C=O) groups is 2. The first-order valence-electron chi connectivity index (χ1n) is 7.45. The summed E-state index contributed by atoms with van der Waals surface area (Å²) in [5, 5.41) is 11.4. The van der Waals surface area contributed by atoms with Crippen molar-refractivity contribution in [2.45, 2.75) is 45.2 Å². The zero-order valence-electron chi connectivity index (χ0n) is 14.6. The van der Waals surface area contributed by atoms with Crippen molar-refractivity contribution in [2.24, 2.45) is 0 Å². The number of methoxy groups -OCH3 is 1. The van der Waals surface area contributed by atoms with Crippen LogP contribution in [0.15, 0.2) is 18.2 Å². The zero-order chi connectivity index (χ0) is 20.1. The van der Waals surface area contributed by atoms with Crippen molar-refractivity contribution >= 4 is 12.1 Å². The Labute approximate surface area is 148 Å². The lowest BCUT2D eigenvalue weighted by Gasteiger charge is -2.22. The second kappa shape index (κ2) is 8.15. The molecule has 0 bridgehead atoms. The number of hydrogen-bond donors (Lipinski definition) is 2. The van der Waals surface area contributed by atoms with Gasteiger partial charge in [0.2, 0.25) is 0 Å². The van der Waals surface area contributed by atoms with Crippen LogP contribution >= 0.6 is 0 Å². The minimum atomic E-state index is -4.97. The van der Waals surface area contributed by atoms with Crippen LogP contribution < -0.4 is 14.8 Å². The number of hydrogen-bond acceptors (Lipinski definition) is 5. The van der Waals surface area contributed by atoms with Gasteiger partial charge in [0.1, 0.15) is 23.1 Å². The summed E-state index contributed by atoms with van der Waals surface area (Å²) in [7, 11) is 1.26. The van der Waals surface area contributed by atoms with E-state index in [9.17, 15) is 27.9 Å². The van der Waals surface area contributed by atoms with Crippen LogP contribution in [0.1, 0.15) is 26.3 Å². The molecule has 1 amide bonds. The minimum Gasteiger partial charge on any atom is -0.497 e. The Morgan fingerprint density at radius 1 is 1.23 bits per heavy atom. The van der Waals surface area contributed by atoms with Crippen molar-refractivity contribution < 1.29 is 42.1 Å². The fourth-order valence-electron chi connectivity index (χ4n) is 1.92. The Bertz CT molecular complexity index is 654. The van der Waals surface area contributed by atoms with Crippen molar-refractivity contribution in [3.63, 3.8) is 0 Å². The molecule has 1 aromatic carbocycles. The first-order chi connectivity index (χ1) is 11.8. The molecular weight excluding hydrogens is 359 g/mol. The summed E-state index contributed by atoms with van der Waals surface area (Å²) in [5.41, 5.74) is -0.941. The number of aliphatic carboxylic acids is 1. The molecule has 0 fully saturated rings. The molecule has 0 saturated heterocycles. The molecule has 0 aliphatic carbocycles. The van der Waals surface area contributed by atoms with Gasteiger partial charge >= 0.3 is 18.4 Å². The van der Waals surface area contributed by atoms with Crippen molar-refractivity contribution in [3.05, 3.63) is 23.8 Å². The molecule has 0 radical (unpaired) electrons. The number of benzene rings is 1. The molecule has 0 saturated carbocycles. The summed E-state index contributed by atoms with van der Waals surface area (Å²) < 4.78 is 51.5. The van der Waals surface area contributed by atoms with Crippen LogP contribution in [0.25, 0.3) is 0 Å². The maximum Gasteiger partial charge on any atom is 0.573 e. The van der Waals surface area contributed by atoms with E-state index >= 15 is 0 Å². The molecule has 0 aliphatic rings. The molecule has 146 valence electrons. The van der Waals surface area contributed by atoms with E-state index in [-0.39, 0.29) is 11.3 Å². The van der Waals surface area contributed by atoms with Crippen molar-refractivity contribution in [3.8, 4) is 11.5 Å². The lowest BCUT2D eigenvalue weighted by molar-refractivity contribution is -0.274. The second-order valence-corrected chi connectivity index (χ2v) is 6.26. The average molecular weight is 379 g/mol. The molecule has 1 unspecified atom stereocenters. The summed E-state index contributed by atoms with van der Waals surface area (Å²) in [5.74, 6) is -1.96. The first-order valence-corrected chi connectivity index (χ1v) is 7.45. The van der Waals surface area contributed by atoms with E-state index in [0.29, 0.717) is 0 Å². The van der Waals surface area contributed by atoms with E-state index < -0.39 is 42.2 Å². The number of halogens is 3. The Balaban J connectivity index is 3.04. The molecule has 1 rings (SSSR count). The van der Waals surface area contributed by atoms with Crippen LogP contribution in [0.3, 0.4) is 0 Å². The smallest absolute Gasteiger partial charge is 0.497 e. The summed E-state index contributed by atoms with van der Waals surface area (Å²) in [6, 6.07) is 2.04. The minimum absolute atomic E-state index is 0.0772. The van der Waals surface area contributed by atoms with Gasteiger partial charge in [-0.15, -0.1) is 13.2 Å². The van der Waals surface area contributed by atoms with E-state index in [1.165, 1.54) is 19.2 Å². The molecule has 7 nitrogen and oxygen atoms in total. The number of alkyl halides is 3. The molecular formula is C16H20F3NO6. The van der Waals surface area contributed by atoms with E-state index in [0.717, 1.165) is 6.07 Å². The number of ether oxygens (including phenoxy) is 3. The highest BCUT2D eigenvalue weighted by atomic mass is 19.4. The topological polar surface area (TPSA) is 94.1 Å². The van der Waals surface area contributed by atoms with Crippen LogP contribution in [-0.2, 0) is 16.0 Å². The van der Waals surface area contributed by atoms with E-state index in [4.69, 9.17) is 9.47 Å². The van der Waals surface area contributed by atoms with Crippen LogP contribution in [0.4, 0.5) is 18.0 Å². The van der Waals surface area contributed by atoms with Gasteiger partial charge in [-0.3, -0.25) is 0 Å². The van der Waals surface area contributed by atoms with E-state index in [2.05, 4.69) is 10.1 Å². The lowest BCUT2D eigenvalue weighted by atomic mass is 10.0. The SMILES string of the molecule is COc1ccc(CC(NC(=O)OC(C)(C)C)C(=O)O)c(OC(F)(F)F)c1. The van der Waals surface area contributed by atoms with Gasteiger partial charge in [-0.05, 0) is 32.4 Å². The molecule has 0 spiro atoms. The van der Waals surface area contributed by atoms with Gasteiger partial charge in [0.15, 0.2) is 0 Å². The largest absolute Gasteiger partial charge is 0.573 e. The van der Waals surface area contributed by atoms with Gasteiger partial charge in [-0.2, -0.15) is 0 Å². The van der Waals surface area contributed by atoms with Crippen molar-refractivity contribution in [1.29, 1.82) is 0 Å². The molecule has 1 aromatic rings. The Morgan fingerprint density at radius 2 is 1.85 bits per heavy atom. The molecule has 10 heteroatoms. The predicted molar refractivity (Wildman–Crippen MR) is 84.2 cm³/mol. The van der Waals surface area contributed by atoms with E-state index in [1.807, 2.05) is 0 Å². The third-order valence-corrected chi connectivity index (χ3v) is 2.91. The van der Waals surface area contributed by atoms with Gasteiger partial charge < -0.3 is 24.6 Å². The maximum absolute atomic E-state index is 12.6. The number of carboxylic acids is 1. The van der Waals surface area contributed by atoms with Crippen LogP contribution in [0.5, 0.6) is 11.5 Å². The Morgan fingerprint density at radius 3 is 2.31 bits per heavy atom. The normalized spacial score (nSPS) is 12.9. The number of rotatable bonds is 6. The highest BCUT2D eigenvalue weighted by Crippen LogP contribution is 2.31. The van der Waals surface area contributed by atoms with Crippen molar-refractivity contribution in [1.82, 2.24) is 5.32 Å². The fourth-order valence-corrected chi connectivity index (χ4v) is 1.92. The third-order valence-electron chi connectivity index (χ3n) is 2.91. The number of nitrogens with one attached hydrogen (secondary N) is 1. The highest BCUT2D eigenvalue weighted by Gasteiger charge is 2.33. The molecule has 0 aromatic heterocycles. The standard InChI is InChI=1S/C16H20F3NO6/c1-15(2,3)26-14(23)20-11(13(21)22)7-9-5-6-10(24-4)8-12(9)25-16(17,18)19/h5-6,8,11H,7H2,1-4H3,(H,20,23)(H,21,22). The Hall–Kier alpha value is -2.65.